The van der Waals surface area contributed by atoms with Crippen molar-refractivity contribution in [3.63, 3.8) is 0 Å². The van der Waals surface area contributed by atoms with Crippen LogP contribution in [0.15, 0.2) is 16.7 Å². The monoisotopic (exact) mass is 195 g/mol. The molecule has 0 fully saturated rings. The van der Waals surface area contributed by atoms with Crippen LogP contribution in [0, 0.1) is 12.8 Å². The number of nitrogens with one attached hydrogen (secondary N) is 1. The number of hydrogen-bond acceptors (Lipinski definition) is 2. The van der Waals surface area contributed by atoms with Crippen LogP contribution in [-0.2, 0) is 0 Å². The quantitative estimate of drug-likeness (QED) is 0.780. The van der Waals surface area contributed by atoms with E-state index >= 15 is 0 Å². The van der Waals surface area contributed by atoms with E-state index in [1.807, 2.05) is 6.92 Å². The van der Waals surface area contributed by atoms with Crippen molar-refractivity contribution in [2.45, 2.75) is 40.2 Å². The van der Waals surface area contributed by atoms with Gasteiger partial charge in [-0.2, -0.15) is 0 Å². The lowest BCUT2D eigenvalue weighted by atomic mass is 9.96. The number of furan rings is 1. The number of rotatable bonds is 5. The van der Waals surface area contributed by atoms with Crippen LogP contribution in [0.1, 0.15) is 44.6 Å². The molecule has 14 heavy (non-hydrogen) atoms. The zero-order valence-corrected chi connectivity index (χ0v) is 9.63. The smallest absolute Gasteiger partial charge is 0.105 e. The lowest BCUT2D eigenvalue weighted by molar-refractivity contribution is 0.404. The van der Waals surface area contributed by atoms with Gasteiger partial charge in [-0.15, -0.1) is 0 Å². The van der Waals surface area contributed by atoms with E-state index in [0.29, 0.717) is 12.0 Å². The third-order valence-electron chi connectivity index (χ3n) is 2.51. The van der Waals surface area contributed by atoms with Gasteiger partial charge in [0.1, 0.15) is 5.76 Å². The highest BCUT2D eigenvalue weighted by molar-refractivity contribution is 5.20. The molecule has 80 valence electrons. The van der Waals surface area contributed by atoms with E-state index < -0.39 is 0 Å². The van der Waals surface area contributed by atoms with Crippen LogP contribution < -0.4 is 5.32 Å². The van der Waals surface area contributed by atoms with Crippen LogP contribution in [0.25, 0.3) is 0 Å². The maximum absolute atomic E-state index is 5.34. The van der Waals surface area contributed by atoms with Gasteiger partial charge < -0.3 is 9.73 Å². The van der Waals surface area contributed by atoms with Crippen LogP contribution in [0.2, 0.25) is 0 Å². The molecule has 1 atom stereocenters. The van der Waals surface area contributed by atoms with Gasteiger partial charge in [0.15, 0.2) is 0 Å². The minimum atomic E-state index is 0.425. The highest BCUT2D eigenvalue weighted by Crippen LogP contribution is 2.25. The molecule has 0 aliphatic carbocycles. The molecule has 1 aromatic heterocycles. The molecule has 0 radical (unpaired) electrons. The lowest BCUT2D eigenvalue weighted by Gasteiger charge is -2.21. The second kappa shape index (κ2) is 5.20. The Morgan fingerprint density at radius 2 is 2.14 bits per heavy atom. The molecule has 2 nitrogen and oxygen atoms in total. The van der Waals surface area contributed by atoms with Crippen LogP contribution in [0.5, 0.6) is 0 Å². The Morgan fingerprint density at radius 3 is 2.57 bits per heavy atom. The summed E-state index contributed by atoms with van der Waals surface area (Å²) < 4.78 is 5.34. The molecular formula is C12H21NO. The molecule has 1 rings (SSSR count). The molecule has 0 aliphatic heterocycles. The molecule has 1 aromatic rings. The summed E-state index contributed by atoms with van der Waals surface area (Å²) in [4.78, 5) is 0. The predicted molar refractivity (Wildman–Crippen MR) is 59.3 cm³/mol. The van der Waals surface area contributed by atoms with Gasteiger partial charge in [0, 0.05) is 11.6 Å². The summed E-state index contributed by atoms with van der Waals surface area (Å²) in [5.41, 5.74) is 1.30. The Bertz CT molecular complexity index is 265. The predicted octanol–water partition coefficient (Wildman–Crippen LogP) is 3.28. The minimum absolute atomic E-state index is 0.425. The molecular weight excluding hydrogens is 174 g/mol. The van der Waals surface area contributed by atoms with E-state index in [1.54, 1.807) is 6.26 Å². The van der Waals surface area contributed by atoms with Crippen LogP contribution in [0.3, 0.4) is 0 Å². The normalized spacial score (nSPS) is 13.5. The Morgan fingerprint density at radius 1 is 1.43 bits per heavy atom. The van der Waals surface area contributed by atoms with Crippen molar-refractivity contribution < 1.29 is 4.42 Å². The zero-order chi connectivity index (χ0) is 10.6. The SMILES string of the molecule is CCCNC(c1ccoc1C)C(C)C. The van der Waals surface area contributed by atoms with Crippen LogP contribution in [0.4, 0.5) is 0 Å². The van der Waals surface area contributed by atoms with Crippen molar-refractivity contribution in [2.75, 3.05) is 6.54 Å². The van der Waals surface area contributed by atoms with E-state index in [4.69, 9.17) is 4.42 Å². The largest absolute Gasteiger partial charge is 0.469 e. The fourth-order valence-corrected chi connectivity index (χ4v) is 1.72. The first-order chi connectivity index (χ1) is 6.66. The summed E-state index contributed by atoms with van der Waals surface area (Å²) in [5, 5.41) is 3.55. The van der Waals surface area contributed by atoms with Crippen LogP contribution >= 0.6 is 0 Å². The Balaban J connectivity index is 2.73. The average molecular weight is 195 g/mol. The highest BCUT2D eigenvalue weighted by atomic mass is 16.3. The van der Waals surface area contributed by atoms with Gasteiger partial charge in [-0.25, -0.2) is 0 Å². The summed E-state index contributed by atoms with van der Waals surface area (Å²) in [6, 6.07) is 2.50. The van der Waals surface area contributed by atoms with Gasteiger partial charge >= 0.3 is 0 Å². The van der Waals surface area contributed by atoms with E-state index in [2.05, 4.69) is 32.2 Å². The van der Waals surface area contributed by atoms with Gasteiger partial charge in [0.25, 0.3) is 0 Å². The summed E-state index contributed by atoms with van der Waals surface area (Å²) in [6.07, 6.45) is 2.94. The van der Waals surface area contributed by atoms with Crippen molar-refractivity contribution in [1.82, 2.24) is 5.32 Å². The van der Waals surface area contributed by atoms with Crippen LogP contribution in [-0.4, -0.2) is 6.54 Å². The Hall–Kier alpha value is -0.760. The van der Waals surface area contributed by atoms with Crippen molar-refractivity contribution in [3.8, 4) is 0 Å². The second-order valence-electron chi connectivity index (χ2n) is 4.11. The first-order valence-corrected chi connectivity index (χ1v) is 5.44. The summed E-state index contributed by atoms with van der Waals surface area (Å²) in [5.74, 6) is 1.63. The minimum Gasteiger partial charge on any atom is -0.469 e. The molecule has 0 spiro atoms. The molecule has 2 heteroatoms. The topological polar surface area (TPSA) is 25.2 Å². The first kappa shape index (κ1) is 11.3. The fraction of sp³-hybridized carbons (Fsp3) is 0.667. The molecule has 0 saturated carbocycles. The third-order valence-corrected chi connectivity index (χ3v) is 2.51. The molecule has 0 aliphatic rings. The molecule has 0 aromatic carbocycles. The second-order valence-corrected chi connectivity index (χ2v) is 4.11. The van der Waals surface area contributed by atoms with Gasteiger partial charge in [0.2, 0.25) is 0 Å². The highest BCUT2D eigenvalue weighted by Gasteiger charge is 2.18. The lowest BCUT2D eigenvalue weighted by Crippen LogP contribution is -2.26. The van der Waals surface area contributed by atoms with E-state index in [-0.39, 0.29) is 0 Å². The van der Waals surface area contributed by atoms with Gasteiger partial charge in [-0.3, -0.25) is 0 Å². The standard InChI is InChI=1S/C12H21NO/c1-5-7-13-12(9(2)3)11-6-8-14-10(11)4/h6,8-9,12-13H,5,7H2,1-4H3. The van der Waals surface area contributed by atoms with E-state index in [0.717, 1.165) is 12.3 Å². The van der Waals surface area contributed by atoms with Crippen molar-refractivity contribution in [2.24, 2.45) is 5.92 Å². The summed E-state index contributed by atoms with van der Waals surface area (Å²) in [6.45, 7) is 9.75. The Kier molecular flexibility index (Phi) is 4.21. The van der Waals surface area contributed by atoms with Crippen molar-refractivity contribution >= 4 is 0 Å². The molecule has 1 N–H and O–H groups in total. The van der Waals surface area contributed by atoms with E-state index in [9.17, 15) is 0 Å². The molecule has 1 unspecified atom stereocenters. The molecule has 0 saturated heterocycles. The third kappa shape index (κ3) is 2.61. The van der Waals surface area contributed by atoms with Crippen molar-refractivity contribution in [3.05, 3.63) is 23.7 Å². The van der Waals surface area contributed by atoms with Crippen molar-refractivity contribution in [1.29, 1.82) is 0 Å². The van der Waals surface area contributed by atoms with Gasteiger partial charge in [-0.05, 0) is 31.9 Å². The summed E-state index contributed by atoms with van der Waals surface area (Å²) in [7, 11) is 0. The van der Waals surface area contributed by atoms with Gasteiger partial charge in [0.05, 0.1) is 6.26 Å². The first-order valence-electron chi connectivity index (χ1n) is 5.44. The van der Waals surface area contributed by atoms with Gasteiger partial charge in [-0.1, -0.05) is 20.8 Å². The maximum atomic E-state index is 5.34. The molecule has 0 bridgehead atoms. The molecule has 0 amide bonds. The maximum Gasteiger partial charge on any atom is 0.105 e. The van der Waals surface area contributed by atoms with E-state index in [1.165, 1.54) is 12.0 Å². The summed E-state index contributed by atoms with van der Waals surface area (Å²) >= 11 is 0. The number of hydrogen-bond donors (Lipinski definition) is 1. The number of aryl methyl sites for hydroxylation is 1. The zero-order valence-electron chi connectivity index (χ0n) is 9.63. The average Bonchev–Trinajstić information content (AvgIpc) is 2.52. The fourth-order valence-electron chi connectivity index (χ4n) is 1.72. The Labute approximate surface area is 86.7 Å². The molecule has 1 heterocycles.